The third-order valence-corrected chi connectivity index (χ3v) is 3.42. The minimum absolute atomic E-state index is 0.270. The number of halogens is 1. The van der Waals surface area contributed by atoms with E-state index in [0.29, 0.717) is 6.54 Å². The smallest absolute Gasteiger partial charge is 0.410 e. The van der Waals surface area contributed by atoms with Crippen molar-refractivity contribution >= 4 is 26.6 Å². The maximum Gasteiger partial charge on any atom is 0.410 e. The van der Waals surface area contributed by atoms with Crippen molar-refractivity contribution in [2.75, 3.05) is 13.1 Å². The number of hydrogen-bond donors (Lipinski definition) is 0. The quantitative estimate of drug-likeness (QED) is 0.690. The molecule has 1 atom stereocenters. The van der Waals surface area contributed by atoms with Gasteiger partial charge in [0.2, 0.25) is 0 Å². The molecule has 1 amide bonds. The molecule has 2 aliphatic heterocycles. The molecule has 0 aromatic carbocycles. The van der Waals surface area contributed by atoms with Crippen LogP contribution in [0.1, 0.15) is 40.0 Å². The number of piperidine rings is 1. The Hall–Kier alpha value is -0.780. The first kappa shape index (κ1) is 13.6. The fourth-order valence-corrected chi connectivity index (χ4v) is 2.86. The second-order valence-corrected chi connectivity index (χ2v) is 6.84. The second kappa shape index (κ2) is 4.72. The molecule has 0 aromatic rings. The van der Waals surface area contributed by atoms with Gasteiger partial charge in [0.25, 0.3) is 0 Å². The lowest BCUT2D eigenvalue weighted by Gasteiger charge is -2.38. The van der Waals surface area contributed by atoms with Gasteiger partial charge in [-0.05, 0) is 49.5 Å². The van der Waals surface area contributed by atoms with Gasteiger partial charge in [-0.2, -0.15) is 0 Å². The predicted molar refractivity (Wildman–Crippen MR) is 71.8 cm³/mol. The first-order chi connectivity index (χ1) is 8.30. The van der Waals surface area contributed by atoms with Crippen molar-refractivity contribution in [1.29, 1.82) is 0 Å². The van der Waals surface area contributed by atoms with Gasteiger partial charge in [0, 0.05) is 13.0 Å². The number of oxime groups is 1. The van der Waals surface area contributed by atoms with Crippen molar-refractivity contribution in [3.63, 3.8) is 0 Å². The zero-order valence-electron chi connectivity index (χ0n) is 11.0. The highest BCUT2D eigenvalue weighted by atomic mass is 79.9. The predicted octanol–water partition coefficient (Wildman–Crippen LogP) is 2.88. The molecule has 0 aromatic heterocycles. The Balaban J connectivity index is 1.97. The molecule has 1 saturated heterocycles. The summed E-state index contributed by atoms with van der Waals surface area (Å²) < 4.78 is 6.20. The van der Waals surface area contributed by atoms with Crippen LogP contribution in [0.2, 0.25) is 0 Å². The zero-order valence-corrected chi connectivity index (χ0v) is 12.6. The van der Waals surface area contributed by atoms with Crippen molar-refractivity contribution in [1.82, 2.24) is 4.90 Å². The summed E-state index contributed by atoms with van der Waals surface area (Å²) in [7, 11) is 0. The van der Waals surface area contributed by atoms with Crippen molar-refractivity contribution in [2.24, 2.45) is 5.16 Å². The zero-order chi connectivity index (χ0) is 13.4. The van der Waals surface area contributed by atoms with E-state index in [1.807, 2.05) is 20.8 Å². The van der Waals surface area contributed by atoms with Gasteiger partial charge >= 0.3 is 6.09 Å². The van der Waals surface area contributed by atoms with Gasteiger partial charge in [0.15, 0.2) is 5.60 Å². The van der Waals surface area contributed by atoms with Gasteiger partial charge in [-0.3, -0.25) is 0 Å². The minimum atomic E-state index is -0.463. The Morgan fingerprint density at radius 3 is 2.83 bits per heavy atom. The molecule has 1 spiro atoms. The third-order valence-electron chi connectivity index (χ3n) is 3.00. The van der Waals surface area contributed by atoms with E-state index in [-0.39, 0.29) is 11.7 Å². The third kappa shape index (κ3) is 3.16. The van der Waals surface area contributed by atoms with E-state index in [9.17, 15) is 4.79 Å². The van der Waals surface area contributed by atoms with E-state index < -0.39 is 5.60 Å². The van der Waals surface area contributed by atoms with Crippen LogP contribution in [0, 0.1) is 0 Å². The van der Waals surface area contributed by atoms with E-state index in [1.54, 1.807) is 4.90 Å². The summed E-state index contributed by atoms with van der Waals surface area (Å²) >= 11 is 3.34. The highest BCUT2D eigenvalue weighted by Gasteiger charge is 2.44. The molecule has 0 radical (unpaired) electrons. The van der Waals surface area contributed by atoms with Crippen LogP contribution in [0.15, 0.2) is 5.16 Å². The molecule has 102 valence electrons. The first-order valence-electron chi connectivity index (χ1n) is 6.18. The average Bonchev–Trinajstić information content (AvgIpc) is 2.57. The maximum absolute atomic E-state index is 12.0. The molecular weight excluding hydrogens is 300 g/mol. The SMILES string of the molecule is CC(C)(C)OC(=O)N1CCCC2(CC(Br)=NO2)C1. The van der Waals surface area contributed by atoms with Crippen LogP contribution in [0.4, 0.5) is 4.79 Å². The molecule has 2 heterocycles. The normalized spacial score (nSPS) is 28.0. The largest absolute Gasteiger partial charge is 0.444 e. The molecule has 0 saturated carbocycles. The topological polar surface area (TPSA) is 51.1 Å². The summed E-state index contributed by atoms with van der Waals surface area (Å²) in [5, 5.41) is 3.94. The van der Waals surface area contributed by atoms with E-state index in [1.165, 1.54) is 0 Å². The maximum atomic E-state index is 12.0. The summed E-state index contributed by atoms with van der Waals surface area (Å²) in [4.78, 5) is 19.2. The van der Waals surface area contributed by atoms with Gasteiger partial charge in [-0.1, -0.05) is 5.16 Å². The van der Waals surface area contributed by atoms with Gasteiger partial charge in [-0.15, -0.1) is 0 Å². The van der Waals surface area contributed by atoms with E-state index in [2.05, 4.69) is 21.1 Å². The second-order valence-electron chi connectivity index (χ2n) is 5.92. The number of nitrogens with zero attached hydrogens (tertiary/aromatic N) is 2. The number of carbonyl (C=O) groups excluding carboxylic acids is 1. The van der Waals surface area contributed by atoms with Gasteiger partial charge in [0.1, 0.15) is 10.2 Å². The van der Waals surface area contributed by atoms with Crippen LogP contribution in [0.5, 0.6) is 0 Å². The van der Waals surface area contributed by atoms with E-state index >= 15 is 0 Å². The van der Waals surface area contributed by atoms with Crippen molar-refractivity contribution < 1.29 is 14.4 Å². The fourth-order valence-electron chi connectivity index (χ4n) is 2.28. The Bertz CT molecular complexity index is 378. The molecule has 0 bridgehead atoms. The van der Waals surface area contributed by atoms with Crippen LogP contribution in [0.3, 0.4) is 0 Å². The summed E-state index contributed by atoms with van der Waals surface area (Å²) in [6.45, 7) is 6.88. The number of ether oxygens (including phenoxy) is 1. The van der Waals surface area contributed by atoms with E-state index in [4.69, 9.17) is 9.57 Å². The average molecular weight is 319 g/mol. The molecule has 2 aliphatic rings. The van der Waals surface area contributed by atoms with Gasteiger partial charge < -0.3 is 14.5 Å². The monoisotopic (exact) mass is 318 g/mol. The van der Waals surface area contributed by atoms with Crippen LogP contribution >= 0.6 is 15.9 Å². The van der Waals surface area contributed by atoms with Gasteiger partial charge in [0.05, 0.1) is 6.54 Å². The standard InChI is InChI=1S/C12H19BrN2O3/c1-11(2,3)17-10(16)15-6-4-5-12(8-15)7-9(13)14-18-12/h4-8H2,1-3H3. The molecule has 5 nitrogen and oxygen atoms in total. The number of hydrogen-bond acceptors (Lipinski definition) is 4. The molecule has 2 rings (SSSR count). The first-order valence-corrected chi connectivity index (χ1v) is 6.97. The Morgan fingerprint density at radius 2 is 2.28 bits per heavy atom. The molecular formula is C12H19BrN2O3. The summed E-state index contributed by atoms with van der Waals surface area (Å²) in [6, 6.07) is 0. The van der Waals surface area contributed by atoms with Crippen LogP contribution in [-0.2, 0) is 9.57 Å². The fraction of sp³-hybridized carbons (Fsp3) is 0.833. The molecule has 18 heavy (non-hydrogen) atoms. The van der Waals surface area contributed by atoms with Crippen molar-refractivity contribution in [3.8, 4) is 0 Å². The highest BCUT2D eigenvalue weighted by molar-refractivity contribution is 9.18. The lowest BCUT2D eigenvalue weighted by Crippen LogP contribution is -2.51. The van der Waals surface area contributed by atoms with Crippen LogP contribution in [-0.4, -0.2) is 39.9 Å². The Labute approximate surface area is 116 Å². The molecule has 1 unspecified atom stereocenters. The molecule has 1 fully saturated rings. The summed E-state index contributed by atoms with van der Waals surface area (Å²) in [6.07, 6.45) is 2.29. The molecule has 0 N–H and O–H groups in total. The van der Waals surface area contributed by atoms with Gasteiger partial charge in [-0.25, -0.2) is 4.79 Å². The summed E-state index contributed by atoms with van der Waals surface area (Å²) in [5.74, 6) is 0. The number of rotatable bonds is 0. The van der Waals surface area contributed by atoms with Crippen molar-refractivity contribution in [2.45, 2.75) is 51.2 Å². The lowest BCUT2D eigenvalue weighted by atomic mass is 9.90. The van der Waals surface area contributed by atoms with Crippen molar-refractivity contribution in [3.05, 3.63) is 0 Å². The van der Waals surface area contributed by atoms with Crippen LogP contribution < -0.4 is 0 Å². The Kier molecular flexibility index (Phi) is 3.58. The number of amides is 1. The molecule has 6 heteroatoms. The number of carbonyl (C=O) groups is 1. The Morgan fingerprint density at radius 1 is 1.56 bits per heavy atom. The lowest BCUT2D eigenvalue weighted by molar-refractivity contribution is -0.0719. The van der Waals surface area contributed by atoms with Crippen LogP contribution in [0.25, 0.3) is 0 Å². The molecule has 0 aliphatic carbocycles. The highest BCUT2D eigenvalue weighted by Crippen LogP contribution is 2.35. The minimum Gasteiger partial charge on any atom is -0.444 e. The van der Waals surface area contributed by atoms with E-state index in [0.717, 1.165) is 30.4 Å². The number of likely N-dealkylation sites (tertiary alicyclic amines) is 1. The summed E-state index contributed by atoms with van der Waals surface area (Å²) in [5.41, 5.74) is -0.816.